The third kappa shape index (κ3) is 6.72. The lowest BCUT2D eigenvalue weighted by Gasteiger charge is -2.32. The van der Waals surface area contributed by atoms with Gasteiger partial charge in [0.05, 0.1) is 40.3 Å². The van der Waals surface area contributed by atoms with Crippen LogP contribution < -0.4 is 5.46 Å². The maximum Gasteiger partial charge on any atom is 0.495 e. The highest BCUT2D eigenvalue weighted by atomic mass is 35.5. The van der Waals surface area contributed by atoms with E-state index in [2.05, 4.69) is 63.9 Å². The van der Waals surface area contributed by atoms with E-state index >= 15 is 0 Å². The van der Waals surface area contributed by atoms with E-state index in [-0.39, 0.29) is 28.9 Å². The van der Waals surface area contributed by atoms with Crippen molar-refractivity contribution in [3.63, 3.8) is 0 Å². The van der Waals surface area contributed by atoms with E-state index in [9.17, 15) is 0 Å². The molecule has 14 heteroatoms. The fourth-order valence-electron chi connectivity index (χ4n) is 4.58. The highest BCUT2D eigenvalue weighted by Gasteiger charge is 2.52. The first-order valence-electron chi connectivity index (χ1n) is 13.7. The minimum absolute atomic E-state index is 0.178. The van der Waals surface area contributed by atoms with Gasteiger partial charge in [-0.2, -0.15) is 10.2 Å². The summed E-state index contributed by atoms with van der Waals surface area (Å²) in [5.41, 5.74) is 4.39. The Morgan fingerprint density at radius 2 is 1.23 bits per heavy atom. The molecule has 10 nitrogen and oxygen atoms in total. The SMILES string of the molecule is Clc1ccnc(Cl)n1.Cn1ncc2c(-c3ccnc(Cl)n3)cccc21.Cn1ncc2c(B3OC(C)(C)C(C)(C)O3)cccc21. The topological polar surface area (TPSA) is 106 Å². The van der Waals surface area contributed by atoms with Gasteiger partial charge in [0, 0.05) is 42.8 Å². The number of rotatable bonds is 2. The maximum atomic E-state index is 6.11. The average molecular weight is 652 g/mol. The molecule has 1 fully saturated rings. The standard InChI is InChI=1S/C14H19BN2O2.C12H9ClN4.C4H2Cl2N2/c1-13(2)14(3,4)19-15(18-13)11-7-6-8-12-10(11)9-16-17(12)5;1-17-11-4-2-3-8(9(11)7-15-17)10-5-6-14-12(13)16-10;5-3-1-2-7-4(6)8-3/h6-9H,1-5H3;2-7H,1H3;1-2H. The van der Waals surface area contributed by atoms with Crippen LogP contribution in [0.1, 0.15) is 27.7 Å². The molecule has 44 heavy (non-hydrogen) atoms. The molecule has 1 aliphatic rings. The second kappa shape index (κ2) is 12.8. The van der Waals surface area contributed by atoms with Gasteiger partial charge < -0.3 is 9.31 Å². The van der Waals surface area contributed by atoms with Gasteiger partial charge >= 0.3 is 7.12 Å². The van der Waals surface area contributed by atoms with E-state index in [4.69, 9.17) is 44.1 Å². The van der Waals surface area contributed by atoms with Gasteiger partial charge in [0.2, 0.25) is 10.6 Å². The van der Waals surface area contributed by atoms with Crippen molar-refractivity contribution in [2.45, 2.75) is 38.9 Å². The molecule has 226 valence electrons. The van der Waals surface area contributed by atoms with Crippen molar-refractivity contribution in [1.82, 2.24) is 39.5 Å². The number of benzene rings is 2. The first-order valence-corrected chi connectivity index (χ1v) is 14.8. The van der Waals surface area contributed by atoms with E-state index < -0.39 is 0 Å². The van der Waals surface area contributed by atoms with Gasteiger partial charge in [-0.3, -0.25) is 9.36 Å². The van der Waals surface area contributed by atoms with E-state index in [1.807, 2.05) is 72.3 Å². The molecule has 0 radical (unpaired) electrons. The highest BCUT2D eigenvalue weighted by Crippen LogP contribution is 2.37. The molecule has 1 saturated heterocycles. The summed E-state index contributed by atoms with van der Waals surface area (Å²) < 4.78 is 15.9. The number of fused-ring (bicyclic) bond motifs is 2. The molecule has 0 unspecified atom stereocenters. The summed E-state index contributed by atoms with van der Waals surface area (Å²) >= 11 is 16.6. The van der Waals surface area contributed by atoms with Crippen LogP contribution in [-0.4, -0.2) is 57.8 Å². The molecule has 0 saturated carbocycles. The molecule has 4 aromatic heterocycles. The predicted molar refractivity (Wildman–Crippen MR) is 175 cm³/mol. The Labute approximate surface area is 270 Å². The van der Waals surface area contributed by atoms with Crippen molar-refractivity contribution in [1.29, 1.82) is 0 Å². The quantitative estimate of drug-likeness (QED) is 0.121. The largest absolute Gasteiger partial charge is 0.495 e. The molecular weight excluding hydrogens is 622 g/mol. The van der Waals surface area contributed by atoms with Gasteiger partial charge in [-0.05, 0) is 80.6 Å². The predicted octanol–water partition coefficient (Wildman–Crippen LogP) is 6.34. The Bertz CT molecular complexity index is 1890. The smallest absolute Gasteiger partial charge is 0.399 e. The van der Waals surface area contributed by atoms with E-state index in [1.54, 1.807) is 12.3 Å². The summed E-state index contributed by atoms with van der Waals surface area (Å²) in [5, 5.41) is 11.5. The molecule has 6 aromatic rings. The molecule has 2 aromatic carbocycles. The molecule has 0 aliphatic carbocycles. The van der Waals surface area contributed by atoms with Crippen LogP contribution in [0.2, 0.25) is 15.7 Å². The number of nitrogens with zero attached hydrogens (tertiary/aromatic N) is 8. The van der Waals surface area contributed by atoms with Crippen LogP contribution in [0.5, 0.6) is 0 Å². The fourth-order valence-corrected chi connectivity index (χ4v) is 5.05. The molecule has 0 N–H and O–H groups in total. The number of aromatic nitrogens is 8. The Morgan fingerprint density at radius 1 is 0.682 bits per heavy atom. The third-order valence-corrected chi connectivity index (χ3v) is 8.19. The molecule has 0 amide bonds. The molecule has 1 aliphatic heterocycles. The Hall–Kier alpha value is -3.61. The zero-order chi connectivity index (χ0) is 31.6. The fraction of sp³-hybridized carbons (Fsp3) is 0.267. The average Bonchev–Trinajstić information content (AvgIpc) is 3.61. The zero-order valence-corrected chi connectivity index (χ0v) is 27.3. The number of hydrogen-bond donors (Lipinski definition) is 0. The Balaban J connectivity index is 0.000000141. The monoisotopic (exact) mass is 650 g/mol. The number of aryl methyl sites for hydroxylation is 2. The highest BCUT2D eigenvalue weighted by molar-refractivity contribution is 6.65. The van der Waals surface area contributed by atoms with Crippen molar-refractivity contribution < 1.29 is 9.31 Å². The maximum absolute atomic E-state index is 6.11. The van der Waals surface area contributed by atoms with Gasteiger partial charge in [0.15, 0.2) is 0 Å². The lowest BCUT2D eigenvalue weighted by atomic mass is 9.77. The van der Waals surface area contributed by atoms with Crippen molar-refractivity contribution >= 4 is 69.2 Å². The van der Waals surface area contributed by atoms with E-state index in [0.717, 1.165) is 38.5 Å². The number of halogens is 3. The summed E-state index contributed by atoms with van der Waals surface area (Å²) in [4.78, 5) is 15.3. The van der Waals surface area contributed by atoms with Gasteiger partial charge in [-0.25, -0.2) is 19.9 Å². The second-order valence-electron chi connectivity index (χ2n) is 11.0. The van der Waals surface area contributed by atoms with Crippen LogP contribution in [0.15, 0.2) is 73.3 Å². The van der Waals surface area contributed by atoms with E-state index in [0.29, 0.717) is 5.15 Å². The zero-order valence-electron chi connectivity index (χ0n) is 25.0. The van der Waals surface area contributed by atoms with Crippen LogP contribution in [0.25, 0.3) is 33.1 Å². The molecular formula is C30H30BCl3N8O2. The van der Waals surface area contributed by atoms with Gasteiger partial charge in [0.1, 0.15) is 5.15 Å². The lowest BCUT2D eigenvalue weighted by molar-refractivity contribution is 0.00578. The Morgan fingerprint density at radius 3 is 1.80 bits per heavy atom. The minimum atomic E-state index is -0.335. The third-order valence-electron chi connectivity index (χ3n) is 7.62. The van der Waals surface area contributed by atoms with Crippen LogP contribution in [0.3, 0.4) is 0 Å². The van der Waals surface area contributed by atoms with Crippen molar-refractivity contribution in [2.75, 3.05) is 0 Å². The lowest BCUT2D eigenvalue weighted by Crippen LogP contribution is -2.41. The first kappa shape index (κ1) is 31.8. The van der Waals surface area contributed by atoms with E-state index in [1.165, 1.54) is 6.20 Å². The Kier molecular flexibility index (Phi) is 9.24. The molecule has 0 spiro atoms. The molecule has 0 bridgehead atoms. The van der Waals surface area contributed by atoms with Crippen LogP contribution in [0.4, 0.5) is 0 Å². The molecule has 7 rings (SSSR count). The second-order valence-corrected chi connectivity index (χ2v) is 12.1. The summed E-state index contributed by atoms with van der Waals surface area (Å²) in [6, 6.07) is 15.5. The van der Waals surface area contributed by atoms with Gasteiger partial charge in [-0.15, -0.1) is 0 Å². The summed E-state index contributed by atoms with van der Waals surface area (Å²) in [7, 11) is 3.52. The summed E-state index contributed by atoms with van der Waals surface area (Å²) in [6.07, 6.45) is 6.86. The normalized spacial score (nSPS) is 15.1. The van der Waals surface area contributed by atoms with Crippen LogP contribution >= 0.6 is 34.8 Å². The van der Waals surface area contributed by atoms with Gasteiger partial charge in [-0.1, -0.05) is 35.9 Å². The van der Waals surface area contributed by atoms with Gasteiger partial charge in [0.25, 0.3) is 0 Å². The van der Waals surface area contributed by atoms with Crippen LogP contribution in [0, 0.1) is 0 Å². The van der Waals surface area contributed by atoms with Crippen molar-refractivity contribution in [3.8, 4) is 11.3 Å². The minimum Gasteiger partial charge on any atom is -0.399 e. The van der Waals surface area contributed by atoms with Crippen molar-refractivity contribution in [2.24, 2.45) is 14.1 Å². The molecule has 0 atom stereocenters. The van der Waals surface area contributed by atoms with Crippen molar-refractivity contribution in [3.05, 3.63) is 89.0 Å². The van der Waals surface area contributed by atoms with Crippen LogP contribution in [-0.2, 0) is 23.4 Å². The summed E-state index contributed by atoms with van der Waals surface area (Å²) in [5.74, 6) is 0. The number of hydrogen-bond acceptors (Lipinski definition) is 8. The summed E-state index contributed by atoms with van der Waals surface area (Å²) in [6.45, 7) is 8.26. The first-order chi connectivity index (χ1) is 20.9. The molecule has 5 heterocycles.